The van der Waals surface area contributed by atoms with E-state index >= 15 is 0 Å². The normalized spacial score (nSPS) is 15.7. The summed E-state index contributed by atoms with van der Waals surface area (Å²) in [7, 11) is 0. The van der Waals surface area contributed by atoms with Gasteiger partial charge in [0, 0.05) is 17.7 Å². The highest BCUT2D eigenvalue weighted by Crippen LogP contribution is 2.30. The molecule has 1 aromatic rings. The fourth-order valence-corrected chi connectivity index (χ4v) is 1.90. The minimum atomic E-state index is -0.136. The Morgan fingerprint density at radius 2 is 2.21 bits per heavy atom. The van der Waals surface area contributed by atoms with Crippen molar-refractivity contribution in [3.05, 3.63) is 41.2 Å². The van der Waals surface area contributed by atoms with Crippen molar-refractivity contribution in [2.45, 2.75) is 25.8 Å². The smallest absolute Gasteiger partial charge is 0.135 e. The van der Waals surface area contributed by atoms with E-state index in [9.17, 15) is 4.39 Å². The Bertz CT molecular complexity index is 369. The first kappa shape index (κ1) is 9.41. The van der Waals surface area contributed by atoms with E-state index in [4.69, 9.17) is 5.73 Å². The standard InChI is InChI=1S/C12H14FN/c13-12-10(8-14)6-3-7-11(12)9-4-1-2-5-9/h3-4,6-7H,1-2,5,8,14H2. The molecule has 1 aromatic carbocycles. The van der Waals surface area contributed by atoms with Crippen LogP contribution in [0.4, 0.5) is 4.39 Å². The predicted octanol–water partition coefficient (Wildman–Crippen LogP) is 2.85. The Kier molecular flexibility index (Phi) is 2.64. The fourth-order valence-electron chi connectivity index (χ4n) is 1.90. The zero-order valence-electron chi connectivity index (χ0n) is 8.09. The Balaban J connectivity index is 2.42. The second kappa shape index (κ2) is 3.93. The molecule has 0 radical (unpaired) electrons. The topological polar surface area (TPSA) is 26.0 Å². The maximum atomic E-state index is 13.8. The molecule has 14 heavy (non-hydrogen) atoms. The number of allylic oxidation sites excluding steroid dienone is 2. The van der Waals surface area contributed by atoms with Gasteiger partial charge < -0.3 is 5.73 Å². The molecule has 0 fully saturated rings. The Morgan fingerprint density at radius 3 is 2.86 bits per heavy atom. The van der Waals surface area contributed by atoms with Crippen LogP contribution >= 0.6 is 0 Å². The summed E-state index contributed by atoms with van der Waals surface area (Å²) in [5, 5.41) is 0. The monoisotopic (exact) mass is 191 g/mol. The molecule has 0 heterocycles. The molecule has 0 unspecified atom stereocenters. The summed E-state index contributed by atoms with van der Waals surface area (Å²) in [4.78, 5) is 0. The highest BCUT2D eigenvalue weighted by molar-refractivity contribution is 5.68. The van der Waals surface area contributed by atoms with Crippen LogP contribution in [0.3, 0.4) is 0 Å². The van der Waals surface area contributed by atoms with Gasteiger partial charge in [-0.15, -0.1) is 0 Å². The van der Waals surface area contributed by atoms with Crippen LogP contribution in [-0.2, 0) is 6.54 Å². The molecule has 0 aliphatic heterocycles. The molecule has 2 heteroatoms. The van der Waals surface area contributed by atoms with E-state index in [1.807, 2.05) is 12.1 Å². The summed E-state index contributed by atoms with van der Waals surface area (Å²) in [6, 6.07) is 5.46. The van der Waals surface area contributed by atoms with Crippen LogP contribution < -0.4 is 5.73 Å². The molecule has 0 saturated carbocycles. The highest BCUT2D eigenvalue weighted by atomic mass is 19.1. The van der Waals surface area contributed by atoms with Gasteiger partial charge in [0.2, 0.25) is 0 Å². The number of hydrogen-bond acceptors (Lipinski definition) is 1. The molecule has 1 nitrogen and oxygen atoms in total. The number of nitrogens with two attached hydrogens (primary N) is 1. The van der Waals surface area contributed by atoms with Gasteiger partial charge in [0.1, 0.15) is 5.82 Å². The molecule has 0 spiro atoms. The molecule has 0 atom stereocenters. The first-order valence-electron chi connectivity index (χ1n) is 5.00. The van der Waals surface area contributed by atoms with Crippen LogP contribution in [0.15, 0.2) is 24.3 Å². The summed E-state index contributed by atoms with van der Waals surface area (Å²) in [6.07, 6.45) is 5.33. The molecule has 1 aliphatic rings. The van der Waals surface area contributed by atoms with Crippen molar-refractivity contribution in [1.82, 2.24) is 0 Å². The minimum Gasteiger partial charge on any atom is -0.326 e. The summed E-state index contributed by atoms with van der Waals surface area (Å²) in [6.45, 7) is 0.271. The Labute approximate surface area is 83.4 Å². The van der Waals surface area contributed by atoms with Crippen molar-refractivity contribution in [2.24, 2.45) is 5.73 Å². The van der Waals surface area contributed by atoms with Gasteiger partial charge in [0.05, 0.1) is 0 Å². The van der Waals surface area contributed by atoms with Crippen molar-refractivity contribution in [3.63, 3.8) is 0 Å². The van der Waals surface area contributed by atoms with Crippen molar-refractivity contribution in [1.29, 1.82) is 0 Å². The van der Waals surface area contributed by atoms with Gasteiger partial charge in [-0.2, -0.15) is 0 Å². The minimum absolute atomic E-state index is 0.136. The van der Waals surface area contributed by atoms with E-state index in [1.165, 1.54) is 0 Å². The van der Waals surface area contributed by atoms with Crippen LogP contribution in [0.25, 0.3) is 5.57 Å². The average molecular weight is 191 g/mol. The van der Waals surface area contributed by atoms with Crippen molar-refractivity contribution >= 4 is 5.57 Å². The lowest BCUT2D eigenvalue weighted by Gasteiger charge is -2.07. The Hall–Kier alpha value is -1.15. The maximum absolute atomic E-state index is 13.8. The third kappa shape index (κ3) is 1.58. The van der Waals surface area contributed by atoms with Gasteiger partial charge in [-0.3, -0.25) is 0 Å². The SMILES string of the molecule is NCc1cccc(C2=CCCC2)c1F. The highest BCUT2D eigenvalue weighted by Gasteiger charge is 2.13. The van der Waals surface area contributed by atoms with Gasteiger partial charge in [0.15, 0.2) is 0 Å². The molecular weight excluding hydrogens is 177 g/mol. The van der Waals surface area contributed by atoms with E-state index in [0.717, 1.165) is 30.4 Å². The molecule has 1 aliphatic carbocycles. The van der Waals surface area contributed by atoms with Gasteiger partial charge in [-0.25, -0.2) is 4.39 Å². The van der Waals surface area contributed by atoms with Crippen molar-refractivity contribution < 1.29 is 4.39 Å². The summed E-state index contributed by atoms with van der Waals surface area (Å²) >= 11 is 0. The van der Waals surface area contributed by atoms with E-state index in [2.05, 4.69) is 6.08 Å². The first-order chi connectivity index (χ1) is 6.83. The largest absolute Gasteiger partial charge is 0.326 e. The van der Waals surface area contributed by atoms with Crippen molar-refractivity contribution in [2.75, 3.05) is 0 Å². The quantitative estimate of drug-likeness (QED) is 0.764. The van der Waals surface area contributed by atoms with Crippen LogP contribution in [0.2, 0.25) is 0 Å². The fraction of sp³-hybridized carbons (Fsp3) is 0.333. The third-order valence-corrected chi connectivity index (χ3v) is 2.69. The summed E-state index contributed by atoms with van der Waals surface area (Å²) < 4.78 is 13.8. The second-order valence-electron chi connectivity index (χ2n) is 3.60. The van der Waals surface area contributed by atoms with Gasteiger partial charge in [-0.1, -0.05) is 24.3 Å². The van der Waals surface area contributed by atoms with Gasteiger partial charge in [0.25, 0.3) is 0 Å². The lowest BCUT2D eigenvalue weighted by molar-refractivity contribution is 0.606. The van der Waals surface area contributed by atoms with Crippen LogP contribution in [0.1, 0.15) is 30.4 Å². The van der Waals surface area contributed by atoms with Crippen molar-refractivity contribution in [3.8, 4) is 0 Å². The van der Waals surface area contributed by atoms with E-state index < -0.39 is 0 Å². The van der Waals surface area contributed by atoms with E-state index in [1.54, 1.807) is 6.07 Å². The number of hydrogen-bond donors (Lipinski definition) is 1. The molecule has 0 saturated heterocycles. The maximum Gasteiger partial charge on any atom is 0.135 e. The van der Waals surface area contributed by atoms with E-state index in [0.29, 0.717) is 5.56 Å². The van der Waals surface area contributed by atoms with Crippen LogP contribution in [0.5, 0.6) is 0 Å². The van der Waals surface area contributed by atoms with Gasteiger partial charge in [-0.05, 0) is 24.8 Å². The lowest BCUT2D eigenvalue weighted by Crippen LogP contribution is -2.02. The molecule has 0 amide bonds. The first-order valence-corrected chi connectivity index (χ1v) is 5.00. The predicted molar refractivity (Wildman–Crippen MR) is 56.1 cm³/mol. The second-order valence-corrected chi connectivity index (χ2v) is 3.60. The zero-order chi connectivity index (χ0) is 9.97. The zero-order valence-corrected chi connectivity index (χ0v) is 8.09. The van der Waals surface area contributed by atoms with Gasteiger partial charge >= 0.3 is 0 Å². The number of rotatable bonds is 2. The summed E-state index contributed by atoms with van der Waals surface area (Å²) in [5.41, 5.74) is 7.94. The Morgan fingerprint density at radius 1 is 1.36 bits per heavy atom. The van der Waals surface area contributed by atoms with Crippen LogP contribution in [-0.4, -0.2) is 0 Å². The van der Waals surface area contributed by atoms with E-state index in [-0.39, 0.29) is 12.4 Å². The molecule has 74 valence electrons. The molecule has 0 bridgehead atoms. The molecule has 0 aromatic heterocycles. The molecular formula is C12H14FN. The number of benzene rings is 1. The molecule has 2 N–H and O–H groups in total. The summed E-state index contributed by atoms with van der Waals surface area (Å²) in [5.74, 6) is -0.136. The average Bonchev–Trinajstić information content (AvgIpc) is 2.71. The molecule has 2 rings (SSSR count). The number of halogens is 1. The van der Waals surface area contributed by atoms with Crippen LogP contribution in [0, 0.1) is 5.82 Å². The lowest BCUT2D eigenvalue weighted by atomic mass is 10.0. The third-order valence-electron chi connectivity index (χ3n) is 2.69.